The Morgan fingerprint density at radius 1 is 1.48 bits per heavy atom. The first-order chi connectivity index (χ1) is 10.6. The number of esters is 1. The van der Waals surface area contributed by atoms with Gasteiger partial charge in [-0.3, -0.25) is 4.79 Å². The molecule has 2 N–H and O–H groups in total. The standard InChI is InChI=1S/C13H15N3O6S/c1-7(11(20)21-13(2,3)4)22-16-9(10(18)19)8-5-23-12(15-8)14-6-17/h5-6H,1H2,2-4H3,(H,18,19)(H,14,15,17). The lowest BCUT2D eigenvalue weighted by atomic mass is 10.2. The average Bonchev–Trinajstić information content (AvgIpc) is 2.85. The van der Waals surface area contributed by atoms with E-state index in [1.807, 2.05) is 0 Å². The smallest absolute Gasteiger partial charge is 0.376 e. The Hall–Kier alpha value is -2.75. The number of aromatic nitrogens is 1. The van der Waals surface area contributed by atoms with Crippen molar-refractivity contribution in [2.24, 2.45) is 5.16 Å². The number of carboxylic acids is 1. The molecular formula is C13H15N3O6S. The maximum absolute atomic E-state index is 11.6. The Labute approximate surface area is 135 Å². The first-order valence-corrected chi connectivity index (χ1v) is 7.08. The zero-order valence-electron chi connectivity index (χ0n) is 12.7. The number of hydrogen-bond acceptors (Lipinski definition) is 8. The summed E-state index contributed by atoms with van der Waals surface area (Å²) in [7, 11) is 0. The van der Waals surface area contributed by atoms with E-state index in [1.54, 1.807) is 20.8 Å². The van der Waals surface area contributed by atoms with Gasteiger partial charge in [-0.2, -0.15) is 0 Å². The molecule has 9 nitrogen and oxygen atoms in total. The molecule has 1 aromatic rings. The molecule has 23 heavy (non-hydrogen) atoms. The molecule has 10 heteroatoms. The van der Waals surface area contributed by atoms with Crippen LogP contribution in [-0.2, 0) is 24.0 Å². The van der Waals surface area contributed by atoms with Crippen LogP contribution in [0.25, 0.3) is 0 Å². The van der Waals surface area contributed by atoms with Crippen LogP contribution in [-0.4, -0.2) is 39.8 Å². The lowest BCUT2D eigenvalue weighted by Crippen LogP contribution is -2.25. The van der Waals surface area contributed by atoms with Crippen molar-refractivity contribution in [3.63, 3.8) is 0 Å². The summed E-state index contributed by atoms with van der Waals surface area (Å²) < 4.78 is 4.99. The molecule has 0 saturated heterocycles. The third-order valence-electron chi connectivity index (χ3n) is 2.01. The van der Waals surface area contributed by atoms with E-state index in [0.29, 0.717) is 6.41 Å². The lowest BCUT2D eigenvalue weighted by Gasteiger charge is -2.19. The average molecular weight is 341 g/mol. The van der Waals surface area contributed by atoms with Crippen LogP contribution >= 0.6 is 11.3 Å². The molecule has 0 aromatic carbocycles. The molecule has 1 heterocycles. The first kappa shape index (κ1) is 18.3. The van der Waals surface area contributed by atoms with Crippen LogP contribution < -0.4 is 5.32 Å². The number of amides is 1. The Morgan fingerprint density at radius 2 is 2.13 bits per heavy atom. The van der Waals surface area contributed by atoms with Crippen LogP contribution in [0.15, 0.2) is 22.9 Å². The summed E-state index contributed by atoms with van der Waals surface area (Å²) in [6.45, 7) is 8.29. The largest absolute Gasteiger partial charge is 0.476 e. The number of anilines is 1. The van der Waals surface area contributed by atoms with Gasteiger partial charge in [0, 0.05) is 5.38 Å². The fourth-order valence-corrected chi connectivity index (χ4v) is 1.82. The van der Waals surface area contributed by atoms with Gasteiger partial charge in [-0.1, -0.05) is 5.16 Å². The number of ether oxygens (including phenoxy) is 1. The Balaban J connectivity index is 2.87. The van der Waals surface area contributed by atoms with Gasteiger partial charge in [0.05, 0.1) is 0 Å². The SMILES string of the molecule is C=C(ON=C(C(=O)O)c1csc(NC=O)n1)C(=O)OC(C)(C)C. The molecule has 0 spiro atoms. The minimum Gasteiger partial charge on any atom is -0.476 e. The number of oxime groups is 1. The van der Waals surface area contributed by atoms with Crippen LogP contribution in [0, 0.1) is 0 Å². The topological polar surface area (TPSA) is 127 Å². The molecular weight excluding hydrogens is 326 g/mol. The number of rotatable bonds is 7. The van der Waals surface area contributed by atoms with Gasteiger partial charge in [-0.25, -0.2) is 14.6 Å². The molecule has 0 aliphatic heterocycles. The number of carbonyl (C=O) groups is 3. The van der Waals surface area contributed by atoms with Gasteiger partial charge in [0.2, 0.25) is 17.9 Å². The fourth-order valence-electron chi connectivity index (χ4n) is 1.17. The summed E-state index contributed by atoms with van der Waals surface area (Å²) in [5, 5.41) is 16.3. The third kappa shape index (κ3) is 5.87. The van der Waals surface area contributed by atoms with Crippen molar-refractivity contribution in [1.29, 1.82) is 0 Å². The molecule has 1 rings (SSSR count). The van der Waals surface area contributed by atoms with Gasteiger partial charge in [0.25, 0.3) is 0 Å². The number of nitrogens with zero attached hydrogens (tertiary/aromatic N) is 2. The summed E-state index contributed by atoms with van der Waals surface area (Å²) in [4.78, 5) is 41.7. The quantitative estimate of drug-likeness (QED) is 0.191. The highest BCUT2D eigenvalue weighted by Crippen LogP contribution is 2.16. The van der Waals surface area contributed by atoms with Crippen molar-refractivity contribution in [3.05, 3.63) is 23.4 Å². The third-order valence-corrected chi connectivity index (χ3v) is 2.78. The maximum atomic E-state index is 11.6. The van der Waals surface area contributed by atoms with E-state index < -0.39 is 29.0 Å². The number of carboxylic acid groups (broad SMARTS) is 1. The number of hydrogen-bond donors (Lipinski definition) is 2. The van der Waals surface area contributed by atoms with Crippen LogP contribution in [0.4, 0.5) is 5.13 Å². The molecule has 124 valence electrons. The molecule has 0 atom stereocenters. The van der Waals surface area contributed by atoms with Crippen LogP contribution in [0.3, 0.4) is 0 Å². The monoisotopic (exact) mass is 341 g/mol. The summed E-state index contributed by atoms with van der Waals surface area (Å²) in [6.07, 6.45) is 0.404. The van der Waals surface area contributed by atoms with E-state index in [0.717, 1.165) is 11.3 Å². The Bertz CT molecular complexity index is 659. The van der Waals surface area contributed by atoms with Gasteiger partial charge >= 0.3 is 11.9 Å². The van der Waals surface area contributed by atoms with Crippen LogP contribution in [0.2, 0.25) is 0 Å². The molecule has 0 aliphatic rings. The Kier molecular flexibility index (Phi) is 5.96. The van der Waals surface area contributed by atoms with E-state index in [4.69, 9.17) is 14.7 Å². The highest BCUT2D eigenvalue weighted by molar-refractivity contribution is 7.14. The number of nitrogens with one attached hydrogen (secondary N) is 1. The minimum atomic E-state index is -1.43. The second-order valence-corrected chi connectivity index (χ2v) is 5.92. The minimum absolute atomic E-state index is 0.0381. The number of carbonyl (C=O) groups excluding carboxylic acids is 2. The van der Waals surface area contributed by atoms with E-state index in [9.17, 15) is 14.4 Å². The van der Waals surface area contributed by atoms with Gasteiger partial charge < -0.3 is 20.0 Å². The molecule has 0 radical (unpaired) electrons. The van der Waals surface area contributed by atoms with Crippen molar-refractivity contribution in [3.8, 4) is 0 Å². The maximum Gasteiger partial charge on any atom is 0.376 e. The van der Waals surface area contributed by atoms with Crippen molar-refractivity contribution in [1.82, 2.24) is 4.98 Å². The normalized spacial score (nSPS) is 11.5. The second-order valence-electron chi connectivity index (χ2n) is 5.06. The predicted molar refractivity (Wildman–Crippen MR) is 82.0 cm³/mol. The number of aliphatic carboxylic acids is 1. The van der Waals surface area contributed by atoms with E-state index >= 15 is 0 Å². The summed E-state index contributed by atoms with van der Waals surface area (Å²) in [6, 6.07) is 0. The van der Waals surface area contributed by atoms with Gasteiger partial charge in [0.1, 0.15) is 11.3 Å². The zero-order chi connectivity index (χ0) is 17.6. The number of thiazole rings is 1. The van der Waals surface area contributed by atoms with Crippen LogP contribution in [0.5, 0.6) is 0 Å². The highest BCUT2D eigenvalue weighted by atomic mass is 32.1. The summed E-state index contributed by atoms with van der Waals surface area (Å²) in [5.74, 6) is -2.77. The van der Waals surface area contributed by atoms with Crippen molar-refractivity contribution >= 4 is 40.5 Å². The second kappa shape index (κ2) is 7.49. The van der Waals surface area contributed by atoms with Gasteiger partial charge in [-0.15, -0.1) is 11.3 Å². The summed E-state index contributed by atoms with van der Waals surface area (Å²) >= 11 is 1.00. The highest BCUT2D eigenvalue weighted by Gasteiger charge is 2.22. The van der Waals surface area contributed by atoms with Crippen molar-refractivity contribution < 1.29 is 29.1 Å². The molecule has 0 saturated carbocycles. The molecule has 1 aromatic heterocycles. The van der Waals surface area contributed by atoms with Gasteiger partial charge in [-0.05, 0) is 27.4 Å². The van der Waals surface area contributed by atoms with Crippen molar-refractivity contribution in [2.75, 3.05) is 5.32 Å². The first-order valence-electron chi connectivity index (χ1n) is 6.20. The Morgan fingerprint density at radius 3 is 2.65 bits per heavy atom. The molecule has 0 bridgehead atoms. The molecule has 0 unspecified atom stereocenters. The molecule has 1 amide bonds. The van der Waals surface area contributed by atoms with Gasteiger partial charge in [0.15, 0.2) is 5.13 Å². The van der Waals surface area contributed by atoms with E-state index in [1.165, 1.54) is 5.38 Å². The zero-order valence-corrected chi connectivity index (χ0v) is 13.5. The predicted octanol–water partition coefficient (Wildman–Crippen LogP) is 1.37. The molecule has 0 aliphatic carbocycles. The van der Waals surface area contributed by atoms with E-state index in [2.05, 4.69) is 22.0 Å². The lowest BCUT2D eigenvalue weighted by molar-refractivity contribution is -0.154. The fraction of sp³-hybridized carbons (Fsp3) is 0.308. The van der Waals surface area contributed by atoms with Crippen LogP contribution in [0.1, 0.15) is 26.5 Å². The van der Waals surface area contributed by atoms with Crippen molar-refractivity contribution in [2.45, 2.75) is 26.4 Å². The molecule has 0 fully saturated rings. The van der Waals surface area contributed by atoms with E-state index in [-0.39, 0.29) is 10.8 Å². The summed E-state index contributed by atoms with van der Waals surface area (Å²) in [5.41, 5.74) is -1.35.